The molecule has 0 spiro atoms. The third-order valence-electron chi connectivity index (χ3n) is 3.84. The van der Waals surface area contributed by atoms with Crippen LogP contribution in [-0.4, -0.2) is 41.5 Å². The molecule has 7 heteroatoms. The number of carbonyl (C=O) groups excluding carboxylic acids is 1. The number of guanidine groups is 1. The monoisotopic (exact) mass is 357 g/mol. The first-order valence-electron chi connectivity index (χ1n) is 8.59. The van der Waals surface area contributed by atoms with Crippen molar-refractivity contribution in [2.45, 2.75) is 20.0 Å². The van der Waals surface area contributed by atoms with E-state index in [0.29, 0.717) is 12.3 Å². The van der Waals surface area contributed by atoms with Gasteiger partial charge in [-0.05, 0) is 36.8 Å². The molecule has 0 aliphatic rings. The van der Waals surface area contributed by atoms with Crippen molar-refractivity contribution in [3.63, 3.8) is 0 Å². The van der Waals surface area contributed by atoms with Crippen molar-refractivity contribution in [2.75, 3.05) is 20.2 Å². The molecule has 1 amide bonds. The normalized spacial score (nSPS) is 11.3. The molecule has 1 aromatic heterocycles. The van der Waals surface area contributed by atoms with E-state index in [-0.39, 0.29) is 6.61 Å². The fourth-order valence-electron chi connectivity index (χ4n) is 2.50. The first kappa shape index (κ1) is 19.4. The van der Waals surface area contributed by atoms with Gasteiger partial charge in [0.05, 0.1) is 13.1 Å². The average Bonchev–Trinajstić information content (AvgIpc) is 3.02. The number of ether oxygens (including phenoxy) is 1. The number of nitrogens with one attached hydrogen (secondary N) is 1. The highest BCUT2D eigenvalue weighted by molar-refractivity contribution is 5.79. The van der Waals surface area contributed by atoms with Crippen molar-refractivity contribution in [1.29, 1.82) is 0 Å². The van der Waals surface area contributed by atoms with Gasteiger partial charge in [-0.3, -0.25) is 4.79 Å². The predicted molar refractivity (Wildman–Crippen MR) is 103 cm³/mol. The van der Waals surface area contributed by atoms with E-state index in [1.807, 2.05) is 51.5 Å². The van der Waals surface area contributed by atoms with Gasteiger partial charge >= 0.3 is 0 Å². The lowest BCUT2D eigenvalue weighted by Crippen LogP contribution is -2.38. The molecule has 0 fully saturated rings. The molecule has 26 heavy (non-hydrogen) atoms. The summed E-state index contributed by atoms with van der Waals surface area (Å²) in [5.41, 5.74) is 7.31. The first-order valence-corrected chi connectivity index (χ1v) is 8.59. The van der Waals surface area contributed by atoms with Gasteiger partial charge in [-0.15, -0.1) is 0 Å². The lowest BCUT2D eigenvalue weighted by atomic mass is 10.2. The molecule has 0 saturated carbocycles. The Kier molecular flexibility index (Phi) is 7.08. The highest BCUT2D eigenvalue weighted by Gasteiger charge is 2.08. The van der Waals surface area contributed by atoms with E-state index in [2.05, 4.69) is 20.9 Å². The number of nitrogens with zero attached hydrogens (tertiary/aromatic N) is 3. The number of aromatic nitrogens is 1. The maximum Gasteiger partial charge on any atom is 0.255 e. The van der Waals surface area contributed by atoms with Gasteiger partial charge in [0.1, 0.15) is 5.75 Å². The van der Waals surface area contributed by atoms with Crippen molar-refractivity contribution in [2.24, 2.45) is 17.8 Å². The number of amides is 1. The van der Waals surface area contributed by atoms with Crippen molar-refractivity contribution in [1.82, 2.24) is 14.8 Å². The van der Waals surface area contributed by atoms with Gasteiger partial charge in [0.25, 0.3) is 5.91 Å². The highest BCUT2D eigenvalue weighted by Crippen LogP contribution is 2.14. The second-order valence-corrected chi connectivity index (χ2v) is 6.04. The number of rotatable bonds is 8. The molecule has 7 nitrogen and oxygen atoms in total. The van der Waals surface area contributed by atoms with E-state index in [9.17, 15) is 4.79 Å². The Morgan fingerprint density at radius 2 is 2.15 bits per heavy atom. The molecule has 0 bridgehead atoms. The molecule has 1 heterocycles. The van der Waals surface area contributed by atoms with E-state index in [0.717, 1.165) is 24.6 Å². The number of hydrogen-bond acceptors (Lipinski definition) is 3. The Morgan fingerprint density at radius 3 is 2.81 bits per heavy atom. The summed E-state index contributed by atoms with van der Waals surface area (Å²) in [4.78, 5) is 17.6. The summed E-state index contributed by atoms with van der Waals surface area (Å²) in [6, 6.07) is 11.6. The zero-order valence-electron chi connectivity index (χ0n) is 15.6. The summed E-state index contributed by atoms with van der Waals surface area (Å²) in [5.74, 6) is 0.945. The SMILES string of the molecule is CCNC(=NCc1cccc(OCC(N)=O)c1)N(C)Cc1cccn1C. The minimum atomic E-state index is -0.495. The Balaban J connectivity index is 2.05. The Hall–Kier alpha value is -2.96. The second-order valence-electron chi connectivity index (χ2n) is 6.04. The summed E-state index contributed by atoms with van der Waals surface area (Å²) < 4.78 is 7.44. The highest BCUT2D eigenvalue weighted by atomic mass is 16.5. The average molecular weight is 357 g/mol. The van der Waals surface area contributed by atoms with Crippen LogP contribution in [0.5, 0.6) is 5.75 Å². The Morgan fingerprint density at radius 1 is 1.35 bits per heavy atom. The molecule has 140 valence electrons. The quantitative estimate of drug-likeness (QED) is 0.554. The summed E-state index contributed by atoms with van der Waals surface area (Å²) in [5, 5.41) is 3.31. The number of aliphatic imine (C=N–C) groups is 1. The topological polar surface area (TPSA) is 84.9 Å². The summed E-state index contributed by atoms with van der Waals surface area (Å²) in [6.07, 6.45) is 2.03. The molecule has 0 unspecified atom stereocenters. The van der Waals surface area contributed by atoms with E-state index >= 15 is 0 Å². The molecular weight excluding hydrogens is 330 g/mol. The van der Waals surface area contributed by atoms with Crippen LogP contribution in [0.1, 0.15) is 18.2 Å². The number of carbonyl (C=O) groups is 1. The van der Waals surface area contributed by atoms with Crippen LogP contribution in [0.4, 0.5) is 0 Å². The molecule has 0 aliphatic carbocycles. The van der Waals surface area contributed by atoms with Gasteiger partial charge in [-0.1, -0.05) is 12.1 Å². The van der Waals surface area contributed by atoms with Gasteiger partial charge in [-0.2, -0.15) is 0 Å². The van der Waals surface area contributed by atoms with E-state index in [1.54, 1.807) is 6.07 Å². The van der Waals surface area contributed by atoms with E-state index < -0.39 is 5.91 Å². The van der Waals surface area contributed by atoms with Crippen LogP contribution < -0.4 is 15.8 Å². The first-order chi connectivity index (χ1) is 12.5. The molecule has 0 aliphatic heterocycles. The molecule has 0 atom stereocenters. The van der Waals surface area contributed by atoms with Crippen molar-refractivity contribution >= 4 is 11.9 Å². The smallest absolute Gasteiger partial charge is 0.255 e. The van der Waals surface area contributed by atoms with E-state index in [1.165, 1.54) is 5.69 Å². The summed E-state index contributed by atoms with van der Waals surface area (Å²) in [7, 11) is 4.05. The van der Waals surface area contributed by atoms with Crippen LogP contribution in [0.25, 0.3) is 0 Å². The third kappa shape index (κ3) is 5.84. The third-order valence-corrected chi connectivity index (χ3v) is 3.84. The minimum absolute atomic E-state index is 0.130. The van der Waals surface area contributed by atoms with Gasteiger partial charge in [0.2, 0.25) is 0 Å². The van der Waals surface area contributed by atoms with Crippen molar-refractivity contribution in [3.05, 3.63) is 53.9 Å². The Labute approximate surface area is 154 Å². The van der Waals surface area contributed by atoms with Crippen LogP contribution in [-0.2, 0) is 24.9 Å². The number of aryl methyl sites for hydroxylation is 1. The molecule has 1 aromatic carbocycles. The van der Waals surface area contributed by atoms with Crippen LogP contribution in [0.3, 0.4) is 0 Å². The van der Waals surface area contributed by atoms with Gasteiger partial charge in [0, 0.05) is 32.5 Å². The minimum Gasteiger partial charge on any atom is -0.484 e. The fraction of sp³-hybridized carbons (Fsp3) is 0.368. The summed E-state index contributed by atoms with van der Waals surface area (Å²) in [6.45, 7) is 3.97. The summed E-state index contributed by atoms with van der Waals surface area (Å²) >= 11 is 0. The molecule has 2 rings (SSSR count). The maximum absolute atomic E-state index is 10.8. The lowest BCUT2D eigenvalue weighted by molar-refractivity contribution is -0.119. The molecule has 2 aromatic rings. The van der Waals surface area contributed by atoms with Crippen LogP contribution in [0, 0.1) is 0 Å². The fourth-order valence-corrected chi connectivity index (χ4v) is 2.50. The van der Waals surface area contributed by atoms with Gasteiger partial charge in [0.15, 0.2) is 12.6 Å². The van der Waals surface area contributed by atoms with Gasteiger partial charge < -0.3 is 25.3 Å². The number of nitrogens with two attached hydrogens (primary N) is 1. The standard InChI is InChI=1S/C19H27N5O2/c1-4-21-19(24(3)13-16-8-6-10-23(16)2)22-12-15-7-5-9-17(11-15)26-14-18(20)25/h5-11H,4,12-14H2,1-3H3,(H2,20,25)(H,21,22). The van der Waals surface area contributed by atoms with E-state index in [4.69, 9.17) is 15.5 Å². The van der Waals surface area contributed by atoms with Crippen LogP contribution in [0.2, 0.25) is 0 Å². The zero-order chi connectivity index (χ0) is 18.9. The molecule has 0 radical (unpaired) electrons. The number of primary amides is 1. The van der Waals surface area contributed by atoms with Crippen molar-refractivity contribution < 1.29 is 9.53 Å². The lowest BCUT2D eigenvalue weighted by Gasteiger charge is -2.22. The molecule has 3 N–H and O–H groups in total. The molecule has 0 saturated heterocycles. The van der Waals surface area contributed by atoms with Crippen molar-refractivity contribution in [3.8, 4) is 5.75 Å². The Bertz CT molecular complexity index is 754. The second kappa shape index (κ2) is 9.50. The predicted octanol–water partition coefficient (Wildman–Crippen LogP) is 1.49. The maximum atomic E-state index is 10.8. The van der Waals surface area contributed by atoms with Gasteiger partial charge in [-0.25, -0.2) is 4.99 Å². The van der Waals surface area contributed by atoms with Crippen LogP contribution >= 0.6 is 0 Å². The molecular formula is C19H27N5O2. The number of benzene rings is 1. The largest absolute Gasteiger partial charge is 0.484 e. The number of hydrogen-bond donors (Lipinski definition) is 2. The van der Waals surface area contributed by atoms with Crippen LogP contribution in [0.15, 0.2) is 47.6 Å². The zero-order valence-corrected chi connectivity index (χ0v) is 15.6.